The van der Waals surface area contributed by atoms with Crippen LogP contribution in [0.5, 0.6) is 5.75 Å². The fourth-order valence-corrected chi connectivity index (χ4v) is 1.71. The Morgan fingerprint density at radius 3 is 1.95 bits per heavy atom. The van der Waals surface area contributed by atoms with Crippen molar-refractivity contribution >= 4 is 17.1 Å². The van der Waals surface area contributed by atoms with Crippen molar-refractivity contribution in [3.05, 3.63) is 49.4 Å². The van der Waals surface area contributed by atoms with E-state index in [9.17, 15) is 4.79 Å². The van der Waals surface area contributed by atoms with Gasteiger partial charge in [0, 0.05) is 0 Å². The molecule has 0 saturated carbocycles. The second-order valence-electron chi connectivity index (χ2n) is 3.81. The molecule has 0 fully saturated rings. The summed E-state index contributed by atoms with van der Waals surface area (Å²) in [4.78, 5) is 10.6. The quantitative estimate of drug-likeness (QED) is 0.490. The zero-order valence-corrected chi connectivity index (χ0v) is 19.0. The predicted octanol–water partition coefficient (Wildman–Crippen LogP) is 5.56. The van der Waals surface area contributed by atoms with Gasteiger partial charge in [-0.15, -0.1) is 5.92 Å². The van der Waals surface area contributed by atoms with Gasteiger partial charge < -0.3 is 17.0 Å². The molecule has 0 aliphatic heterocycles. The minimum Gasteiger partial charge on any atom is -0.541 e. The third-order valence-corrected chi connectivity index (χ3v) is 2.75. The molecule has 0 spiro atoms. The van der Waals surface area contributed by atoms with Crippen molar-refractivity contribution in [1.82, 2.24) is 0 Å². The maximum absolute atomic E-state index is 10.6. The first-order chi connectivity index (χ1) is 9.74. The van der Waals surface area contributed by atoms with Gasteiger partial charge in [0.05, 0.1) is 7.11 Å². The van der Waals surface area contributed by atoms with E-state index in [-0.39, 0.29) is 44.5 Å². The summed E-state index contributed by atoms with van der Waals surface area (Å²) < 4.78 is 5.16. The van der Waals surface area contributed by atoms with Crippen LogP contribution in [0.15, 0.2) is 36.4 Å². The fourth-order valence-electron chi connectivity index (χ4n) is 1.71. The molecule has 0 heterocycles. The molecule has 3 heteroatoms. The van der Waals surface area contributed by atoms with Crippen molar-refractivity contribution in [3.8, 4) is 5.75 Å². The van der Waals surface area contributed by atoms with Crippen molar-refractivity contribution in [1.29, 1.82) is 0 Å². The van der Waals surface area contributed by atoms with E-state index in [0.717, 1.165) is 22.1 Å². The average molecular weight is 526 g/mol. The zero-order valence-electron chi connectivity index (χ0n) is 14.9. The van der Waals surface area contributed by atoms with Crippen LogP contribution >= 0.6 is 0 Å². The van der Waals surface area contributed by atoms with Gasteiger partial charge in [0.25, 0.3) is 0 Å². The minimum absolute atomic E-state index is 0. The van der Waals surface area contributed by atoms with Crippen molar-refractivity contribution < 1.29 is 40.6 Å². The normalized spacial score (nSPS) is 9.55. The van der Waals surface area contributed by atoms with Gasteiger partial charge >= 0.3 is 31.1 Å². The third kappa shape index (κ3) is 7.47. The summed E-state index contributed by atoms with van der Waals surface area (Å²) in [7, 11) is 1.65. The van der Waals surface area contributed by atoms with E-state index in [4.69, 9.17) is 4.74 Å². The van der Waals surface area contributed by atoms with Crippen LogP contribution < -0.4 is 4.74 Å². The molecule has 1 atom stereocenters. The molecule has 0 N–H and O–H groups in total. The molecule has 0 amide bonds. The summed E-state index contributed by atoms with van der Waals surface area (Å²) in [6.45, 7) is 9.84. The van der Waals surface area contributed by atoms with E-state index in [1.54, 1.807) is 7.11 Å². The summed E-state index contributed by atoms with van der Waals surface area (Å²) in [6.07, 6.45) is 1.99. The first-order valence-electron chi connectivity index (χ1n) is 7.20. The molecule has 0 bridgehead atoms. The Balaban J connectivity index is -0.000000557. The second kappa shape index (κ2) is 15.1. The van der Waals surface area contributed by atoms with E-state index in [1.807, 2.05) is 77.3 Å². The molecule has 2 rings (SSSR count). The summed E-state index contributed by atoms with van der Waals surface area (Å²) in [6, 6.07) is 11.9. The molecule has 2 aromatic carbocycles. The topological polar surface area (TPSA) is 26.3 Å². The molecule has 22 heavy (non-hydrogen) atoms. The monoisotopic (exact) mass is 526 g/mol. The largest absolute Gasteiger partial charge is 2.00 e. The number of benzene rings is 2. The molecule has 0 aromatic heterocycles. The van der Waals surface area contributed by atoms with Gasteiger partial charge in [0.15, 0.2) is 0 Å². The van der Waals surface area contributed by atoms with Gasteiger partial charge in [0.1, 0.15) is 5.75 Å². The number of hydrogen-bond donors (Lipinski definition) is 0. The number of methoxy groups -OCH3 is 1. The zero-order chi connectivity index (χ0) is 15.5. The molecule has 0 saturated heterocycles. The average Bonchev–Trinajstić information content (AvgIpc) is 2.56. The Kier molecular flexibility index (Phi) is 18.0. The van der Waals surface area contributed by atoms with Crippen molar-refractivity contribution in [2.24, 2.45) is 0 Å². The van der Waals surface area contributed by atoms with Crippen LogP contribution in [0.3, 0.4) is 0 Å². The number of hydrogen-bond acceptors (Lipinski definition) is 2. The van der Waals surface area contributed by atoms with Gasteiger partial charge in [-0.2, -0.15) is 0 Å². The summed E-state index contributed by atoms with van der Waals surface area (Å²) in [5.41, 5.74) is 0.993. The standard InChI is InChI=1S/C14H13O2.2C2H6.CH3.U/c1-10(9-15)11-3-4-13-8-14(16-2)6-5-12(13)7-11;2*1-2;;/h3-8,10H,1-2H3;2*1-2H3;1H3;/q-1;;;-1;+2/t10-;;;;/m1..../s1. The maximum Gasteiger partial charge on any atom is 2.00 e. The molecule has 120 valence electrons. The molecule has 0 radical (unpaired) electrons. The fraction of sp³-hybridized carbons (Fsp3) is 0.368. The van der Waals surface area contributed by atoms with Crippen molar-refractivity contribution in [2.75, 3.05) is 7.11 Å². The Labute approximate surface area is 160 Å². The number of carbonyl (C=O) groups excluding carboxylic acids is 1. The number of rotatable bonds is 3. The van der Waals surface area contributed by atoms with E-state index in [2.05, 4.69) is 0 Å². The van der Waals surface area contributed by atoms with Crippen LogP contribution in [0, 0.1) is 38.5 Å². The number of ether oxygens (including phenoxy) is 1. The molecule has 0 aliphatic rings. The second-order valence-corrected chi connectivity index (χ2v) is 3.81. The van der Waals surface area contributed by atoms with Crippen LogP contribution in [0.2, 0.25) is 0 Å². The van der Waals surface area contributed by atoms with Crippen molar-refractivity contribution in [2.45, 2.75) is 40.5 Å². The minimum atomic E-state index is -0.175. The molecule has 0 unspecified atom stereocenters. The van der Waals surface area contributed by atoms with E-state index < -0.39 is 0 Å². The smallest absolute Gasteiger partial charge is 0.541 e. The maximum atomic E-state index is 10.6. The summed E-state index contributed by atoms with van der Waals surface area (Å²) in [5, 5.41) is 2.22. The van der Waals surface area contributed by atoms with Gasteiger partial charge in [0.2, 0.25) is 0 Å². The Morgan fingerprint density at radius 1 is 0.955 bits per heavy atom. The van der Waals surface area contributed by atoms with E-state index in [0.29, 0.717) is 0 Å². The molecule has 2 aromatic rings. The van der Waals surface area contributed by atoms with Gasteiger partial charge in [-0.25, -0.2) is 0 Å². The predicted molar refractivity (Wildman–Crippen MR) is 93.7 cm³/mol. The molecule has 0 aliphatic carbocycles. The van der Waals surface area contributed by atoms with Crippen LogP contribution in [0.4, 0.5) is 0 Å². The van der Waals surface area contributed by atoms with Crippen LogP contribution in [-0.2, 0) is 4.79 Å². The van der Waals surface area contributed by atoms with Gasteiger partial charge in [-0.3, -0.25) is 6.29 Å². The van der Waals surface area contributed by atoms with E-state index in [1.165, 1.54) is 0 Å². The third-order valence-electron chi connectivity index (χ3n) is 2.75. The molecular formula is C19H28O2U. The molecule has 2 nitrogen and oxygen atoms in total. The van der Waals surface area contributed by atoms with Gasteiger partial charge in [-0.05, 0) is 22.9 Å². The summed E-state index contributed by atoms with van der Waals surface area (Å²) in [5.74, 6) is 0.668. The first-order valence-corrected chi connectivity index (χ1v) is 7.20. The Hall–Kier alpha value is -0.778. The van der Waals surface area contributed by atoms with Crippen LogP contribution in [-0.4, -0.2) is 13.4 Å². The van der Waals surface area contributed by atoms with Gasteiger partial charge in [-0.1, -0.05) is 64.4 Å². The number of fused-ring (bicyclic) bond motifs is 1. The Morgan fingerprint density at radius 2 is 1.45 bits per heavy atom. The molecular weight excluding hydrogens is 498 g/mol. The van der Waals surface area contributed by atoms with E-state index >= 15 is 0 Å². The van der Waals surface area contributed by atoms with Crippen molar-refractivity contribution in [3.63, 3.8) is 0 Å². The SMILES string of the molecule is CC.CC.COc1ccc2cc([C@H](C)[C-]=O)ccc2c1.[CH3-].[U+2]. The summed E-state index contributed by atoms with van der Waals surface area (Å²) >= 11 is 0. The first kappa shape index (κ1) is 26.1. The van der Waals surface area contributed by atoms with Crippen LogP contribution in [0.1, 0.15) is 46.1 Å². The Bertz CT molecular complexity index is 524. The van der Waals surface area contributed by atoms with Crippen LogP contribution in [0.25, 0.3) is 10.8 Å².